The van der Waals surface area contributed by atoms with E-state index in [0.29, 0.717) is 30.2 Å². The summed E-state index contributed by atoms with van der Waals surface area (Å²) in [6.45, 7) is 0. The molecule has 2 fully saturated rings. The predicted molar refractivity (Wildman–Crippen MR) is 102 cm³/mol. The first kappa shape index (κ1) is 19.8. The van der Waals surface area contributed by atoms with E-state index in [4.69, 9.17) is 14.9 Å². The number of aliphatic carboxylic acids is 2. The van der Waals surface area contributed by atoms with E-state index in [-0.39, 0.29) is 6.10 Å². The molecule has 8 nitrogen and oxygen atoms in total. The molecule has 0 spiro atoms. The van der Waals surface area contributed by atoms with Gasteiger partial charge in [0.2, 0.25) is 0 Å². The molecule has 3 heterocycles. The molecule has 2 aliphatic heterocycles. The van der Waals surface area contributed by atoms with Gasteiger partial charge in [0.05, 0.1) is 5.52 Å². The molecule has 1 aromatic carbocycles. The van der Waals surface area contributed by atoms with Gasteiger partial charge in [-0.1, -0.05) is 18.2 Å². The van der Waals surface area contributed by atoms with Crippen molar-refractivity contribution in [2.45, 2.75) is 43.9 Å². The van der Waals surface area contributed by atoms with Gasteiger partial charge in [0.15, 0.2) is 0 Å². The Kier molecular flexibility index (Phi) is 6.20. The summed E-state index contributed by atoms with van der Waals surface area (Å²) in [5.41, 5.74) is 0.952. The molecular formula is C20H23N3O5. The Morgan fingerprint density at radius 1 is 1.11 bits per heavy atom. The van der Waals surface area contributed by atoms with Crippen molar-refractivity contribution >= 4 is 22.8 Å². The molecule has 148 valence electrons. The van der Waals surface area contributed by atoms with Crippen molar-refractivity contribution in [3.05, 3.63) is 42.6 Å². The number of rotatable bonds is 4. The molecule has 8 heteroatoms. The fourth-order valence-electron chi connectivity index (χ4n) is 3.76. The van der Waals surface area contributed by atoms with Crippen molar-refractivity contribution in [2.24, 2.45) is 0 Å². The topological polar surface area (TPSA) is 113 Å². The summed E-state index contributed by atoms with van der Waals surface area (Å²) in [5.74, 6) is -2.51. The van der Waals surface area contributed by atoms with Crippen LogP contribution in [-0.2, 0) is 9.59 Å². The van der Waals surface area contributed by atoms with Gasteiger partial charge in [-0.25, -0.2) is 14.6 Å². The van der Waals surface area contributed by atoms with Crippen molar-refractivity contribution < 1.29 is 24.5 Å². The van der Waals surface area contributed by atoms with Gasteiger partial charge in [0, 0.05) is 48.7 Å². The van der Waals surface area contributed by atoms with E-state index in [0.717, 1.165) is 23.7 Å². The number of hydrogen-bond donors (Lipinski definition) is 2. The monoisotopic (exact) mass is 385 g/mol. The van der Waals surface area contributed by atoms with Crippen LogP contribution in [0, 0.1) is 0 Å². The Morgan fingerprint density at radius 2 is 1.71 bits per heavy atom. The molecule has 0 amide bonds. The second-order valence-electron chi connectivity index (χ2n) is 6.98. The van der Waals surface area contributed by atoms with Gasteiger partial charge in [-0.15, -0.1) is 0 Å². The van der Waals surface area contributed by atoms with Crippen molar-refractivity contribution in [1.82, 2.24) is 14.9 Å². The van der Waals surface area contributed by atoms with Crippen LogP contribution in [0.3, 0.4) is 0 Å². The van der Waals surface area contributed by atoms with Gasteiger partial charge in [-0.05, 0) is 26.0 Å². The second-order valence-corrected chi connectivity index (χ2v) is 6.98. The Balaban J connectivity index is 0.000000242. The first-order chi connectivity index (χ1) is 13.4. The van der Waals surface area contributed by atoms with Crippen LogP contribution in [-0.4, -0.2) is 62.3 Å². The molecule has 0 aliphatic carbocycles. The smallest absolute Gasteiger partial charge is 0.328 e. The summed E-state index contributed by atoms with van der Waals surface area (Å²) in [4.78, 5) is 30.5. The molecule has 1 aromatic heterocycles. The van der Waals surface area contributed by atoms with Crippen molar-refractivity contribution in [2.75, 3.05) is 7.05 Å². The number of carboxylic acid groups (broad SMARTS) is 2. The number of carboxylic acids is 2. The maximum atomic E-state index is 9.55. The number of ether oxygens (including phenoxy) is 1. The zero-order chi connectivity index (χ0) is 20.1. The molecule has 2 N–H and O–H groups in total. The third-order valence-electron chi connectivity index (χ3n) is 5.16. The quantitative estimate of drug-likeness (QED) is 0.771. The van der Waals surface area contributed by atoms with E-state index in [2.05, 4.69) is 21.9 Å². The van der Waals surface area contributed by atoms with Crippen molar-refractivity contribution in [3.63, 3.8) is 0 Å². The Bertz CT molecular complexity index is 855. The van der Waals surface area contributed by atoms with Crippen LogP contribution in [0.25, 0.3) is 10.9 Å². The molecular weight excluding hydrogens is 362 g/mol. The molecule has 2 saturated heterocycles. The second kappa shape index (κ2) is 8.79. The van der Waals surface area contributed by atoms with Crippen LogP contribution < -0.4 is 4.74 Å². The summed E-state index contributed by atoms with van der Waals surface area (Å²) in [5, 5.41) is 16.7. The van der Waals surface area contributed by atoms with E-state index in [1.165, 1.54) is 12.8 Å². The molecule has 2 bridgehead atoms. The molecule has 0 saturated carbocycles. The highest BCUT2D eigenvalue weighted by Gasteiger charge is 2.39. The highest BCUT2D eigenvalue weighted by Crippen LogP contribution is 2.35. The van der Waals surface area contributed by atoms with Crippen LogP contribution >= 0.6 is 0 Å². The number of nitrogens with zero attached hydrogens (tertiary/aromatic N) is 3. The predicted octanol–water partition coefficient (Wildman–Crippen LogP) is 2.35. The van der Waals surface area contributed by atoms with Gasteiger partial charge in [-0.2, -0.15) is 4.98 Å². The minimum Gasteiger partial charge on any atom is -0.478 e. The summed E-state index contributed by atoms with van der Waals surface area (Å²) < 4.78 is 6.04. The Hall–Kier alpha value is -3.00. The van der Waals surface area contributed by atoms with E-state index in [9.17, 15) is 9.59 Å². The van der Waals surface area contributed by atoms with Crippen LogP contribution in [0.1, 0.15) is 25.7 Å². The average molecular weight is 385 g/mol. The lowest BCUT2D eigenvalue weighted by atomic mass is 10.0. The zero-order valence-electron chi connectivity index (χ0n) is 15.6. The minimum atomic E-state index is -1.26. The highest BCUT2D eigenvalue weighted by atomic mass is 16.5. The zero-order valence-corrected chi connectivity index (χ0v) is 15.6. The SMILES string of the molecule is CN1C2CCC1CC(Oc1ncc3ccccc3n1)C2.O=C(O)/C=C/C(=O)O. The van der Waals surface area contributed by atoms with Crippen LogP contribution in [0.4, 0.5) is 0 Å². The van der Waals surface area contributed by atoms with Crippen LogP contribution in [0.2, 0.25) is 0 Å². The van der Waals surface area contributed by atoms with E-state index in [1.54, 1.807) is 0 Å². The summed E-state index contributed by atoms with van der Waals surface area (Å²) in [6, 6.07) is 9.91. The number of para-hydroxylation sites is 1. The minimum absolute atomic E-state index is 0.268. The molecule has 2 aromatic rings. The molecule has 4 rings (SSSR count). The van der Waals surface area contributed by atoms with E-state index < -0.39 is 11.9 Å². The number of aromatic nitrogens is 2. The Morgan fingerprint density at radius 3 is 2.32 bits per heavy atom. The highest BCUT2D eigenvalue weighted by molar-refractivity contribution is 5.89. The maximum absolute atomic E-state index is 9.55. The van der Waals surface area contributed by atoms with E-state index >= 15 is 0 Å². The molecule has 2 unspecified atom stereocenters. The fraction of sp³-hybridized carbons (Fsp3) is 0.400. The first-order valence-corrected chi connectivity index (χ1v) is 9.16. The summed E-state index contributed by atoms with van der Waals surface area (Å²) >= 11 is 0. The fourth-order valence-corrected chi connectivity index (χ4v) is 3.76. The molecule has 2 aliphatic rings. The average Bonchev–Trinajstić information content (AvgIpc) is 2.88. The van der Waals surface area contributed by atoms with Gasteiger partial charge in [0.25, 0.3) is 0 Å². The van der Waals surface area contributed by atoms with Crippen LogP contribution in [0.15, 0.2) is 42.6 Å². The van der Waals surface area contributed by atoms with Gasteiger partial charge in [0.1, 0.15) is 6.10 Å². The third kappa shape index (κ3) is 5.04. The molecule has 28 heavy (non-hydrogen) atoms. The van der Waals surface area contributed by atoms with Crippen molar-refractivity contribution in [1.29, 1.82) is 0 Å². The Labute approximate surface area is 162 Å². The molecule has 0 radical (unpaired) electrons. The first-order valence-electron chi connectivity index (χ1n) is 9.16. The van der Waals surface area contributed by atoms with Gasteiger partial charge in [-0.3, -0.25) is 0 Å². The number of benzene rings is 1. The molecule has 2 atom stereocenters. The lowest BCUT2D eigenvalue weighted by Gasteiger charge is -2.35. The van der Waals surface area contributed by atoms with Crippen LogP contribution in [0.5, 0.6) is 6.01 Å². The summed E-state index contributed by atoms with van der Waals surface area (Å²) in [7, 11) is 2.24. The van der Waals surface area contributed by atoms with Crippen molar-refractivity contribution in [3.8, 4) is 6.01 Å². The number of carbonyl (C=O) groups is 2. The van der Waals surface area contributed by atoms with E-state index in [1.807, 2.05) is 30.5 Å². The maximum Gasteiger partial charge on any atom is 0.328 e. The normalized spacial score (nSPS) is 24.0. The number of fused-ring (bicyclic) bond motifs is 3. The standard InChI is InChI=1S/C16H19N3O.C4H4O4/c1-19-12-6-7-13(19)9-14(8-12)20-16-17-10-11-4-2-3-5-15(11)18-16;5-3(6)1-2-4(7)8/h2-5,10,12-14H,6-9H2,1H3;1-2H,(H,5,6)(H,7,8)/b;2-1+. The van der Waals surface area contributed by atoms with Gasteiger partial charge >= 0.3 is 17.9 Å². The van der Waals surface area contributed by atoms with Gasteiger partial charge < -0.3 is 19.8 Å². The lowest BCUT2D eigenvalue weighted by molar-refractivity contribution is -0.134. The summed E-state index contributed by atoms with van der Waals surface area (Å²) in [6.07, 6.45) is 8.04. The largest absolute Gasteiger partial charge is 0.478 e. The number of piperidine rings is 1. The lowest BCUT2D eigenvalue weighted by Crippen LogP contribution is -2.44. The third-order valence-corrected chi connectivity index (χ3v) is 5.16. The number of hydrogen-bond acceptors (Lipinski definition) is 6.